The molecule has 188 valence electrons. The van der Waals surface area contributed by atoms with Gasteiger partial charge in [-0.2, -0.15) is 0 Å². The summed E-state index contributed by atoms with van der Waals surface area (Å²) in [6.07, 6.45) is 15.7. The van der Waals surface area contributed by atoms with Crippen LogP contribution in [-0.2, 0) is 0 Å². The smallest absolute Gasteiger partial charge is 0.0639 e. The minimum absolute atomic E-state index is 0.0643. The highest BCUT2D eigenvalue weighted by Crippen LogP contribution is 2.89. The van der Waals surface area contributed by atoms with E-state index >= 15 is 0 Å². The molecule has 5 aliphatic rings. The third-order valence-corrected chi connectivity index (χ3v) is 13.2. The predicted octanol–water partition coefficient (Wildman–Crippen LogP) is 6.11. The largest absolute Gasteiger partial charge is 0.396 e. The third kappa shape index (κ3) is 3.03. The van der Waals surface area contributed by atoms with Crippen molar-refractivity contribution in [1.82, 2.24) is 0 Å². The van der Waals surface area contributed by atoms with E-state index < -0.39 is 0 Å². The standard InChI is InChI=1S/C30H50O3/c1-20(17-31)7-6-8-21(18-32)22-11-13-28(5)24-10-9-23-26(2,3)25(33)12-14-29(23)19-30(24,29)16-15-27(22,28)4/h7,21-25,31-33H,6,8-19H2,1-5H3/b20-7-/t21-,22+,23-,24-,25-,27+,28-,29+,30+/m0/s1. The first-order valence-electron chi connectivity index (χ1n) is 14.1. The minimum Gasteiger partial charge on any atom is -0.396 e. The van der Waals surface area contributed by atoms with Gasteiger partial charge in [-0.1, -0.05) is 39.3 Å². The van der Waals surface area contributed by atoms with Crippen molar-refractivity contribution in [2.24, 2.45) is 50.7 Å². The molecule has 0 aliphatic heterocycles. The topological polar surface area (TPSA) is 60.7 Å². The molecule has 0 unspecified atom stereocenters. The highest BCUT2D eigenvalue weighted by atomic mass is 16.3. The van der Waals surface area contributed by atoms with Crippen LogP contribution in [0, 0.1) is 50.7 Å². The molecule has 0 aromatic heterocycles. The number of hydrogen-bond acceptors (Lipinski definition) is 3. The second kappa shape index (κ2) is 7.81. The van der Waals surface area contributed by atoms with Crippen LogP contribution in [0.2, 0.25) is 0 Å². The Bertz CT molecular complexity index is 802. The van der Waals surface area contributed by atoms with Gasteiger partial charge < -0.3 is 15.3 Å². The van der Waals surface area contributed by atoms with Crippen molar-refractivity contribution < 1.29 is 15.3 Å². The summed E-state index contributed by atoms with van der Waals surface area (Å²) < 4.78 is 0. The molecule has 5 saturated carbocycles. The van der Waals surface area contributed by atoms with Crippen LogP contribution in [-0.4, -0.2) is 34.6 Å². The molecule has 3 nitrogen and oxygen atoms in total. The van der Waals surface area contributed by atoms with Gasteiger partial charge in [0.1, 0.15) is 0 Å². The molecule has 2 spiro atoms. The van der Waals surface area contributed by atoms with E-state index in [0.717, 1.165) is 30.8 Å². The zero-order chi connectivity index (χ0) is 23.9. The number of aliphatic hydroxyl groups excluding tert-OH is 3. The molecule has 5 rings (SSSR count). The molecule has 0 aromatic rings. The maximum Gasteiger partial charge on any atom is 0.0639 e. The summed E-state index contributed by atoms with van der Waals surface area (Å²) in [5.41, 5.74) is 2.86. The molecule has 0 bridgehead atoms. The summed E-state index contributed by atoms with van der Waals surface area (Å²) in [4.78, 5) is 0. The van der Waals surface area contributed by atoms with E-state index in [0.29, 0.717) is 46.0 Å². The van der Waals surface area contributed by atoms with E-state index in [4.69, 9.17) is 0 Å². The minimum atomic E-state index is -0.128. The van der Waals surface area contributed by atoms with Crippen molar-refractivity contribution in [1.29, 1.82) is 0 Å². The van der Waals surface area contributed by atoms with Crippen LogP contribution >= 0.6 is 0 Å². The van der Waals surface area contributed by atoms with Gasteiger partial charge in [-0.25, -0.2) is 0 Å². The highest BCUT2D eigenvalue weighted by molar-refractivity contribution is 5.30. The number of rotatable bonds is 6. The van der Waals surface area contributed by atoms with Gasteiger partial charge in [0.2, 0.25) is 0 Å². The average Bonchev–Trinajstić information content (AvgIpc) is 3.37. The second-order valence-electron chi connectivity index (χ2n) is 14.3. The van der Waals surface area contributed by atoms with Crippen molar-refractivity contribution in [2.45, 2.75) is 111 Å². The van der Waals surface area contributed by atoms with Crippen LogP contribution in [0.4, 0.5) is 0 Å². The molecule has 9 atom stereocenters. The zero-order valence-electron chi connectivity index (χ0n) is 22.0. The van der Waals surface area contributed by atoms with E-state index in [2.05, 4.69) is 33.8 Å². The molecule has 0 aromatic carbocycles. The van der Waals surface area contributed by atoms with Gasteiger partial charge in [0, 0.05) is 6.61 Å². The molecule has 0 radical (unpaired) electrons. The third-order valence-electron chi connectivity index (χ3n) is 13.2. The van der Waals surface area contributed by atoms with Crippen LogP contribution in [0.25, 0.3) is 0 Å². The average molecular weight is 459 g/mol. The lowest BCUT2D eigenvalue weighted by Crippen LogP contribution is -2.57. The Balaban J connectivity index is 1.40. The predicted molar refractivity (Wildman–Crippen MR) is 134 cm³/mol. The van der Waals surface area contributed by atoms with Crippen molar-refractivity contribution in [2.75, 3.05) is 13.2 Å². The van der Waals surface area contributed by atoms with E-state index in [9.17, 15) is 15.3 Å². The molecular weight excluding hydrogens is 408 g/mol. The van der Waals surface area contributed by atoms with Gasteiger partial charge in [-0.05, 0) is 128 Å². The van der Waals surface area contributed by atoms with Gasteiger partial charge in [0.05, 0.1) is 12.7 Å². The summed E-state index contributed by atoms with van der Waals surface area (Å²) in [6, 6.07) is 0. The number of hydrogen-bond donors (Lipinski definition) is 3. The molecule has 0 saturated heterocycles. The Morgan fingerprint density at radius 2 is 1.58 bits per heavy atom. The highest BCUT2D eigenvalue weighted by Gasteiger charge is 2.82. The monoisotopic (exact) mass is 458 g/mol. The molecule has 0 amide bonds. The van der Waals surface area contributed by atoms with E-state index in [1.807, 2.05) is 6.92 Å². The molecule has 0 heterocycles. The fourth-order valence-electron chi connectivity index (χ4n) is 11.2. The normalized spacial score (nSPS) is 51.2. The van der Waals surface area contributed by atoms with Crippen molar-refractivity contribution in [3.63, 3.8) is 0 Å². The lowest BCUT2D eigenvalue weighted by molar-refractivity contribution is -0.162. The molecule has 33 heavy (non-hydrogen) atoms. The van der Waals surface area contributed by atoms with Crippen LogP contribution < -0.4 is 0 Å². The molecule has 3 N–H and O–H groups in total. The Morgan fingerprint density at radius 3 is 2.27 bits per heavy atom. The van der Waals surface area contributed by atoms with Gasteiger partial charge in [-0.3, -0.25) is 0 Å². The summed E-state index contributed by atoms with van der Waals surface area (Å²) in [5.74, 6) is 2.51. The quantitative estimate of drug-likeness (QED) is 0.421. The van der Waals surface area contributed by atoms with Crippen molar-refractivity contribution in [3.05, 3.63) is 11.6 Å². The summed E-state index contributed by atoms with van der Waals surface area (Å²) in [6.45, 7) is 12.4. The number of fused-ring (bicyclic) bond motifs is 2. The Labute approximate surface area is 202 Å². The van der Waals surface area contributed by atoms with E-state index in [-0.39, 0.29) is 18.1 Å². The van der Waals surface area contributed by atoms with Crippen LogP contribution in [0.15, 0.2) is 11.6 Å². The van der Waals surface area contributed by atoms with Gasteiger partial charge in [-0.15, -0.1) is 0 Å². The molecular formula is C30H50O3. The van der Waals surface area contributed by atoms with Crippen molar-refractivity contribution >= 4 is 0 Å². The number of aliphatic hydroxyl groups is 3. The van der Waals surface area contributed by atoms with Gasteiger partial charge in [0.15, 0.2) is 0 Å². The Kier molecular flexibility index (Phi) is 5.75. The summed E-state index contributed by atoms with van der Waals surface area (Å²) in [5, 5.41) is 30.6. The van der Waals surface area contributed by atoms with Gasteiger partial charge in [0.25, 0.3) is 0 Å². The summed E-state index contributed by atoms with van der Waals surface area (Å²) in [7, 11) is 0. The summed E-state index contributed by atoms with van der Waals surface area (Å²) >= 11 is 0. The maximum atomic E-state index is 10.8. The number of allylic oxidation sites excluding steroid dienone is 1. The Hall–Kier alpha value is -0.380. The van der Waals surface area contributed by atoms with Crippen LogP contribution in [0.5, 0.6) is 0 Å². The fourth-order valence-corrected chi connectivity index (χ4v) is 11.2. The molecule has 5 aliphatic carbocycles. The van der Waals surface area contributed by atoms with Crippen molar-refractivity contribution in [3.8, 4) is 0 Å². The van der Waals surface area contributed by atoms with Crippen LogP contribution in [0.3, 0.4) is 0 Å². The van der Waals surface area contributed by atoms with Gasteiger partial charge >= 0.3 is 0 Å². The van der Waals surface area contributed by atoms with Crippen LogP contribution in [0.1, 0.15) is 105 Å². The lowest BCUT2D eigenvalue weighted by Gasteiger charge is -2.63. The lowest BCUT2D eigenvalue weighted by atomic mass is 9.41. The van der Waals surface area contributed by atoms with E-state index in [1.165, 1.54) is 51.4 Å². The SMILES string of the molecule is C/C(=C/CC[C@@H](CO)[C@H]1CC[C@@]2(C)[C@@H]3CC[C@H]4C(C)(C)[C@@H](O)CC[C@@]45C[C@]35CC[C@]12C)CO. The first-order chi connectivity index (χ1) is 15.5. The molecule has 5 fully saturated rings. The van der Waals surface area contributed by atoms with E-state index in [1.54, 1.807) is 0 Å². The zero-order valence-corrected chi connectivity index (χ0v) is 22.0. The Morgan fingerprint density at radius 1 is 0.879 bits per heavy atom. The second-order valence-corrected chi connectivity index (χ2v) is 14.3. The maximum absolute atomic E-state index is 10.8. The fraction of sp³-hybridized carbons (Fsp3) is 0.933. The molecule has 3 heteroatoms. The first kappa shape index (κ1) is 24.3. The first-order valence-corrected chi connectivity index (χ1v) is 14.1.